The fourth-order valence-electron chi connectivity index (χ4n) is 20.4. The van der Waals surface area contributed by atoms with Crippen LogP contribution in [0.1, 0.15) is 541 Å². The van der Waals surface area contributed by atoms with Crippen LogP contribution in [0.25, 0.3) is 0 Å². The lowest BCUT2D eigenvalue weighted by Crippen LogP contribution is -2.47. The molecule has 5 aliphatic heterocycles. The highest BCUT2D eigenvalue weighted by atomic mass is 16.8. The summed E-state index contributed by atoms with van der Waals surface area (Å²) in [7, 11) is 1.30. The first-order chi connectivity index (χ1) is 68.0. The summed E-state index contributed by atoms with van der Waals surface area (Å²) in [4.78, 5) is 53.0. The first kappa shape index (κ1) is 127. The van der Waals surface area contributed by atoms with Gasteiger partial charge in [-0.1, -0.05) is 490 Å². The normalized spacial score (nSPS) is 25.2. The average molecular weight is 1980 g/mol. The summed E-state index contributed by atoms with van der Waals surface area (Å²) in [6.07, 6.45) is 63.6. The van der Waals surface area contributed by atoms with Gasteiger partial charge in [0.25, 0.3) is 0 Å². The van der Waals surface area contributed by atoms with Crippen LogP contribution in [0.2, 0.25) is 0 Å². The number of esters is 4. The van der Waals surface area contributed by atoms with E-state index in [-0.39, 0.29) is 25.7 Å². The number of carbonyl (C=O) groups is 4. The van der Waals surface area contributed by atoms with Gasteiger partial charge in [-0.05, 0) is 25.7 Å². The molecule has 0 saturated carbocycles. The largest absolute Gasteiger partial charge is 0.463 e. The Labute approximate surface area is 845 Å². The average Bonchev–Trinajstić information content (AvgIpc) is 1.62. The highest BCUT2D eigenvalue weighted by Crippen LogP contribution is 2.38. The molecule has 0 aromatic heterocycles. The standard InChI is InChI=1S/C114H212O25/c1-6-10-14-18-22-26-30-34-38-42-46-50-54-58-62-66-70-74-78-82-96(115)127-86-91-100(119)104(123)111(132-91)138-108-102(121)93(88-129-98(117)84-80-76-72-68-64-60-56-52-48-44-40-36-32-28-24-20-16-12-8-3)134-113(108)131-90-95-107(106(125)110(126-5)136-95)137-114-109(103(122)94(135-114)89-130-99(118)85-81-77-73-69-65-61-57-53-49-45-41-37-33-29-25-21-17-13-9-4)139-112-105(124)101(120)92(133-112)87-128-97(116)83-79-75-71-67-63-59-55-51-47-43-39-35-31-27-23-19-15-11-7-2/h91-95,100-114,119-125H,6-90H2,1-5H3/t91-,92-,93-,94-,95-,100-,101-,102-,103-,104+,105+,106+,107-,108+,109+,110+,111+,112+,113+,114-/m1/s1. The maximum atomic E-state index is 13.4. The molecule has 5 rings (SSSR count). The van der Waals surface area contributed by atoms with E-state index in [2.05, 4.69) is 27.7 Å². The molecule has 5 fully saturated rings. The van der Waals surface area contributed by atoms with Crippen molar-refractivity contribution >= 4 is 23.9 Å². The van der Waals surface area contributed by atoms with Crippen molar-refractivity contribution in [3.8, 4) is 0 Å². The maximum Gasteiger partial charge on any atom is 0.305 e. The summed E-state index contributed by atoms with van der Waals surface area (Å²) in [5.74, 6) is -1.96. The molecule has 7 N–H and O–H groups in total. The van der Waals surface area contributed by atoms with Crippen molar-refractivity contribution in [2.24, 2.45) is 0 Å². The van der Waals surface area contributed by atoms with E-state index in [4.69, 9.17) is 66.3 Å². The van der Waals surface area contributed by atoms with E-state index < -0.39 is 180 Å². The third kappa shape index (κ3) is 59.8. The highest BCUT2D eigenvalue weighted by Gasteiger charge is 2.57. The second-order valence-electron chi connectivity index (χ2n) is 42.2. The molecule has 0 radical (unpaired) electrons. The molecule has 20 atom stereocenters. The number of carbonyl (C=O) groups excluding carboxylic acids is 4. The Morgan fingerprint density at radius 3 is 0.590 bits per heavy atom. The Bertz CT molecular complexity index is 2830. The Hall–Kier alpha value is -2.80. The summed E-state index contributed by atoms with van der Waals surface area (Å²) in [6, 6.07) is 0. The molecule has 5 aliphatic rings. The Kier molecular flexibility index (Phi) is 78.4. The van der Waals surface area contributed by atoms with Crippen LogP contribution in [0.15, 0.2) is 0 Å². The second kappa shape index (κ2) is 86.1. The lowest BCUT2D eigenvalue weighted by Gasteiger charge is -2.30. The van der Waals surface area contributed by atoms with Gasteiger partial charge in [-0.3, -0.25) is 19.2 Å². The van der Waals surface area contributed by atoms with Crippen LogP contribution in [0.4, 0.5) is 0 Å². The fraction of sp³-hybridized carbons (Fsp3) is 0.965. The van der Waals surface area contributed by atoms with Crippen LogP contribution in [0, 0.1) is 0 Å². The molecule has 0 unspecified atom stereocenters. The summed E-state index contributed by atoms with van der Waals surface area (Å²) in [6.45, 7) is 6.86. The highest BCUT2D eigenvalue weighted by molar-refractivity contribution is 5.70. The monoisotopic (exact) mass is 1980 g/mol. The van der Waals surface area contributed by atoms with Crippen molar-refractivity contribution < 1.29 is 121 Å². The topological polar surface area (TPSA) is 339 Å². The van der Waals surface area contributed by atoms with Gasteiger partial charge in [-0.25, -0.2) is 0 Å². The van der Waals surface area contributed by atoms with E-state index in [0.717, 1.165) is 89.9 Å². The summed E-state index contributed by atoms with van der Waals surface area (Å²) in [5, 5.41) is 82.1. The number of aliphatic hydroxyl groups is 7. The molecule has 25 nitrogen and oxygen atoms in total. The number of ether oxygens (including phenoxy) is 14. The molecule has 0 amide bonds. The molecule has 0 spiro atoms. The van der Waals surface area contributed by atoms with E-state index in [1.807, 2.05) is 0 Å². The van der Waals surface area contributed by atoms with Crippen molar-refractivity contribution in [1.82, 2.24) is 0 Å². The van der Waals surface area contributed by atoms with Crippen LogP contribution in [0.5, 0.6) is 0 Å². The van der Waals surface area contributed by atoms with Gasteiger partial charge in [0.05, 0.1) is 6.61 Å². The van der Waals surface area contributed by atoms with Crippen molar-refractivity contribution in [2.45, 2.75) is 664 Å². The third-order valence-electron chi connectivity index (χ3n) is 29.6. The predicted molar refractivity (Wildman–Crippen MR) is 549 cm³/mol. The lowest BCUT2D eigenvalue weighted by atomic mass is 10.0. The zero-order valence-electron chi connectivity index (χ0n) is 89.1. The molecule has 0 bridgehead atoms. The van der Waals surface area contributed by atoms with Gasteiger partial charge >= 0.3 is 23.9 Å². The molecular formula is C114H212O25. The van der Waals surface area contributed by atoms with Gasteiger partial charge in [0.2, 0.25) is 0 Å². The molecular weight excluding hydrogens is 1770 g/mol. The minimum Gasteiger partial charge on any atom is -0.463 e. The zero-order chi connectivity index (χ0) is 99.9. The number of unbranched alkanes of at least 4 members (excludes halogenated alkanes) is 72. The van der Waals surface area contributed by atoms with Crippen LogP contribution in [0.3, 0.4) is 0 Å². The van der Waals surface area contributed by atoms with Crippen molar-refractivity contribution in [3.05, 3.63) is 0 Å². The summed E-state index contributed by atoms with van der Waals surface area (Å²) >= 11 is 0. The van der Waals surface area contributed by atoms with Gasteiger partial charge in [0, 0.05) is 32.8 Å². The van der Waals surface area contributed by atoms with E-state index in [9.17, 15) is 54.9 Å². The Balaban J connectivity index is 1.17. The smallest absolute Gasteiger partial charge is 0.305 e. The van der Waals surface area contributed by atoms with E-state index in [1.165, 1.54) is 380 Å². The summed E-state index contributed by atoms with van der Waals surface area (Å²) in [5.41, 5.74) is 0. The van der Waals surface area contributed by atoms with Crippen molar-refractivity contribution in [1.29, 1.82) is 0 Å². The fourth-order valence-corrected chi connectivity index (χ4v) is 20.4. The minimum atomic E-state index is -1.73. The number of hydrogen-bond acceptors (Lipinski definition) is 25. The zero-order valence-corrected chi connectivity index (χ0v) is 89.1. The Morgan fingerprint density at radius 2 is 0.367 bits per heavy atom. The van der Waals surface area contributed by atoms with Crippen molar-refractivity contribution in [3.63, 3.8) is 0 Å². The first-order valence-corrected chi connectivity index (χ1v) is 58.8. The van der Waals surface area contributed by atoms with Gasteiger partial charge in [-0.15, -0.1) is 0 Å². The molecule has 5 heterocycles. The van der Waals surface area contributed by atoms with Crippen LogP contribution in [-0.4, -0.2) is 223 Å². The number of hydrogen-bond donors (Lipinski definition) is 7. The van der Waals surface area contributed by atoms with Crippen LogP contribution < -0.4 is 0 Å². The minimum absolute atomic E-state index is 0.130. The Morgan fingerprint density at radius 1 is 0.187 bits per heavy atom. The van der Waals surface area contributed by atoms with Crippen LogP contribution in [-0.2, 0) is 85.5 Å². The predicted octanol–water partition coefficient (Wildman–Crippen LogP) is 25.4. The van der Waals surface area contributed by atoms with Gasteiger partial charge in [0.15, 0.2) is 31.5 Å². The second-order valence-corrected chi connectivity index (χ2v) is 42.2. The number of methoxy groups -OCH3 is 1. The molecule has 0 aliphatic carbocycles. The third-order valence-corrected chi connectivity index (χ3v) is 29.6. The van der Waals surface area contributed by atoms with E-state index in [0.29, 0.717) is 25.7 Å². The van der Waals surface area contributed by atoms with Gasteiger partial charge in [0.1, 0.15) is 118 Å². The van der Waals surface area contributed by atoms with E-state index in [1.54, 1.807) is 0 Å². The molecule has 139 heavy (non-hydrogen) atoms. The van der Waals surface area contributed by atoms with Gasteiger partial charge < -0.3 is 102 Å². The lowest BCUT2D eigenvalue weighted by molar-refractivity contribution is -0.270. The molecule has 0 aromatic carbocycles. The molecule has 818 valence electrons. The van der Waals surface area contributed by atoms with Crippen LogP contribution >= 0.6 is 0 Å². The first-order valence-electron chi connectivity index (χ1n) is 58.8. The molecule has 5 saturated heterocycles. The SMILES string of the molecule is CCCCCCCCCCCCCCCCCCCCCC(=O)OC[C@H]1O[C@@H](O[C@@H]2[C@@H](OC[C@H]3O[C@H](OC)[C@@H](O)[C@@H]3O[C@H]3O[C@H](COC(=O)CCCCCCCCCCCCCCCCCCCCC)[C@@H](O)[C@@H]3O[C@@H]3O[C@H](COC(=O)CCCCCCCCCCCCCCCCCCCCC)[C@@H](O)[C@@H]3O)O[C@H](COC(=O)CCCCCCCCCCCCCCCCCCCCC)[C@H]2O)[C@@H](O)[C@@H]1O. The van der Waals surface area contributed by atoms with Crippen molar-refractivity contribution in [2.75, 3.05) is 40.1 Å². The molecule has 0 aromatic rings. The number of aliphatic hydroxyl groups excluding tert-OH is 7. The number of rotatable bonds is 98. The van der Waals surface area contributed by atoms with Gasteiger partial charge in [-0.2, -0.15) is 0 Å². The summed E-state index contributed by atoms with van der Waals surface area (Å²) < 4.78 is 84.9. The molecule has 25 heteroatoms. The maximum absolute atomic E-state index is 13.4. The van der Waals surface area contributed by atoms with E-state index >= 15 is 0 Å². The quantitative estimate of drug-likeness (QED) is 0.0169.